The molecule has 0 bridgehead atoms. The highest BCUT2D eigenvalue weighted by Crippen LogP contribution is 2.28. The first-order valence-electron chi connectivity index (χ1n) is 6.81. The van der Waals surface area contributed by atoms with Gasteiger partial charge >= 0.3 is 6.03 Å². The van der Waals surface area contributed by atoms with Crippen LogP contribution in [0.25, 0.3) is 0 Å². The standard InChI is InChI=1S/C16H14ClN3O2/c1-16(13-4-2-3-9-18-13)14(21)20(15(22)19-16)10-11-5-7-12(17)8-6-11/h2-9H,10H2,1H3,(H,19,22)/t16-/m0/s1. The molecule has 1 fully saturated rings. The number of hydrogen-bond donors (Lipinski definition) is 1. The van der Waals surface area contributed by atoms with E-state index in [-0.39, 0.29) is 12.5 Å². The maximum absolute atomic E-state index is 12.7. The number of pyridine rings is 1. The van der Waals surface area contributed by atoms with Crippen LogP contribution in [0.3, 0.4) is 0 Å². The normalized spacial score (nSPS) is 21.1. The molecule has 1 aliphatic rings. The Bertz CT molecular complexity index is 718. The predicted octanol–water partition coefficient (Wildman–Crippen LogP) is 2.70. The van der Waals surface area contributed by atoms with Gasteiger partial charge < -0.3 is 5.32 Å². The molecule has 1 saturated heterocycles. The molecule has 6 heteroatoms. The monoisotopic (exact) mass is 315 g/mol. The molecule has 1 N–H and O–H groups in total. The molecule has 1 aliphatic heterocycles. The van der Waals surface area contributed by atoms with Crippen LogP contribution >= 0.6 is 11.6 Å². The van der Waals surface area contributed by atoms with Crippen LogP contribution in [0, 0.1) is 0 Å². The smallest absolute Gasteiger partial charge is 0.318 e. The molecule has 1 aromatic carbocycles. The summed E-state index contributed by atoms with van der Waals surface area (Å²) in [5.41, 5.74) is 0.218. The third-order valence-electron chi connectivity index (χ3n) is 3.71. The first kappa shape index (κ1) is 14.5. The van der Waals surface area contributed by atoms with E-state index in [9.17, 15) is 9.59 Å². The Morgan fingerprint density at radius 3 is 2.55 bits per heavy atom. The highest BCUT2D eigenvalue weighted by Gasteiger charge is 2.49. The van der Waals surface area contributed by atoms with Gasteiger partial charge in [0, 0.05) is 11.2 Å². The first-order valence-corrected chi connectivity index (χ1v) is 7.18. The van der Waals surface area contributed by atoms with Crippen LogP contribution in [0.15, 0.2) is 48.7 Å². The zero-order valence-electron chi connectivity index (χ0n) is 11.9. The van der Waals surface area contributed by atoms with Crippen molar-refractivity contribution < 1.29 is 9.59 Å². The highest BCUT2D eigenvalue weighted by molar-refractivity contribution is 6.30. The SMILES string of the molecule is C[C@@]1(c2ccccn2)NC(=O)N(Cc2ccc(Cl)cc2)C1=O. The van der Waals surface area contributed by atoms with Crippen molar-refractivity contribution >= 4 is 23.5 Å². The fourth-order valence-corrected chi connectivity index (χ4v) is 2.57. The molecule has 2 heterocycles. The van der Waals surface area contributed by atoms with E-state index >= 15 is 0 Å². The lowest BCUT2D eigenvalue weighted by Crippen LogP contribution is -2.41. The zero-order chi connectivity index (χ0) is 15.7. The number of hydrogen-bond acceptors (Lipinski definition) is 3. The lowest BCUT2D eigenvalue weighted by Gasteiger charge is -2.20. The van der Waals surface area contributed by atoms with Gasteiger partial charge in [-0.25, -0.2) is 4.79 Å². The van der Waals surface area contributed by atoms with Crippen LogP contribution in [-0.2, 0) is 16.9 Å². The molecule has 2 aromatic rings. The van der Waals surface area contributed by atoms with Crippen molar-refractivity contribution in [2.24, 2.45) is 0 Å². The maximum atomic E-state index is 12.7. The van der Waals surface area contributed by atoms with Gasteiger partial charge in [-0.05, 0) is 36.8 Å². The second-order valence-corrected chi connectivity index (χ2v) is 5.72. The molecule has 0 unspecified atom stereocenters. The van der Waals surface area contributed by atoms with Gasteiger partial charge in [-0.3, -0.25) is 14.7 Å². The summed E-state index contributed by atoms with van der Waals surface area (Å²) in [6.07, 6.45) is 1.60. The second-order valence-electron chi connectivity index (χ2n) is 5.29. The molecule has 0 radical (unpaired) electrons. The highest BCUT2D eigenvalue weighted by atomic mass is 35.5. The molecule has 22 heavy (non-hydrogen) atoms. The van der Waals surface area contributed by atoms with E-state index in [1.165, 1.54) is 4.90 Å². The molecule has 3 rings (SSSR count). The largest absolute Gasteiger partial charge is 0.325 e. The summed E-state index contributed by atoms with van der Waals surface area (Å²) >= 11 is 5.84. The molecule has 112 valence electrons. The summed E-state index contributed by atoms with van der Waals surface area (Å²) < 4.78 is 0. The number of benzene rings is 1. The fourth-order valence-electron chi connectivity index (χ4n) is 2.45. The number of carbonyl (C=O) groups is 2. The molecule has 0 spiro atoms. The minimum absolute atomic E-state index is 0.199. The number of amides is 3. The van der Waals surface area contributed by atoms with E-state index in [2.05, 4.69) is 10.3 Å². The summed E-state index contributed by atoms with van der Waals surface area (Å²) in [5.74, 6) is -0.314. The van der Waals surface area contributed by atoms with Crippen LogP contribution < -0.4 is 5.32 Å². The van der Waals surface area contributed by atoms with Crippen molar-refractivity contribution in [2.75, 3.05) is 0 Å². The van der Waals surface area contributed by atoms with E-state index in [4.69, 9.17) is 11.6 Å². The lowest BCUT2D eigenvalue weighted by atomic mass is 9.97. The van der Waals surface area contributed by atoms with Gasteiger partial charge in [-0.1, -0.05) is 29.8 Å². The Morgan fingerprint density at radius 2 is 1.91 bits per heavy atom. The molecule has 0 aliphatic carbocycles. The topological polar surface area (TPSA) is 62.3 Å². The third-order valence-corrected chi connectivity index (χ3v) is 3.96. The Labute approximate surface area is 132 Å². The van der Waals surface area contributed by atoms with Crippen molar-refractivity contribution in [3.63, 3.8) is 0 Å². The van der Waals surface area contributed by atoms with Crippen molar-refractivity contribution in [2.45, 2.75) is 19.0 Å². The quantitative estimate of drug-likeness (QED) is 0.886. The summed E-state index contributed by atoms with van der Waals surface area (Å²) in [6, 6.07) is 11.9. The van der Waals surface area contributed by atoms with E-state index in [1.54, 1.807) is 55.6 Å². The van der Waals surface area contributed by atoms with Crippen LogP contribution in [0.4, 0.5) is 4.79 Å². The Morgan fingerprint density at radius 1 is 1.18 bits per heavy atom. The predicted molar refractivity (Wildman–Crippen MR) is 82.1 cm³/mol. The number of nitrogens with one attached hydrogen (secondary N) is 1. The molecule has 5 nitrogen and oxygen atoms in total. The van der Waals surface area contributed by atoms with Crippen LogP contribution in [0.5, 0.6) is 0 Å². The molecule has 1 aromatic heterocycles. The summed E-state index contributed by atoms with van der Waals surface area (Å²) in [7, 11) is 0. The second kappa shape index (κ2) is 5.42. The van der Waals surface area contributed by atoms with Gasteiger partial charge in [0.25, 0.3) is 5.91 Å². The third kappa shape index (κ3) is 2.44. The Hall–Kier alpha value is -2.40. The van der Waals surface area contributed by atoms with Crippen molar-refractivity contribution in [1.82, 2.24) is 15.2 Å². The summed E-state index contributed by atoms with van der Waals surface area (Å²) in [5, 5.41) is 3.34. The van der Waals surface area contributed by atoms with Crippen molar-refractivity contribution in [3.05, 3.63) is 64.9 Å². The molecule has 0 saturated carbocycles. The van der Waals surface area contributed by atoms with Crippen LogP contribution in [0.2, 0.25) is 5.02 Å². The molecule has 1 atom stereocenters. The summed E-state index contributed by atoms with van der Waals surface area (Å²) in [6.45, 7) is 1.86. The zero-order valence-corrected chi connectivity index (χ0v) is 12.7. The average molecular weight is 316 g/mol. The first-order chi connectivity index (χ1) is 10.5. The number of aromatic nitrogens is 1. The molecule has 3 amide bonds. The molecular formula is C16H14ClN3O2. The average Bonchev–Trinajstić information content (AvgIpc) is 2.75. The number of imide groups is 1. The maximum Gasteiger partial charge on any atom is 0.325 e. The van der Waals surface area contributed by atoms with E-state index in [0.717, 1.165) is 5.56 Å². The number of urea groups is 1. The number of carbonyl (C=O) groups excluding carboxylic acids is 2. The van der Waals surface area contributed by atoms with E-state index in [0.29, 0.717) is 10.7 Å². The van der Waals surface area contributed by atoms with Gasteiger partial charge in [-0.15, -0.1) is 0 Å². The van der Waals surface area contributed by atoms with Gasteiger partial charge in [-0.2, -0.15) is 0 Å². The minimum atomic E-state index is -1.13. The van der Waals surface area contributed by atoms with Gasteiger partial charge in [0.15, 0.2) is 5.54 Å². The van der Waals surface area contributed by atoms with E-state index in [1.807, 2.05) is 0 Å². The van der Waals surface area contributed by atoms with Gasteiger partial charge in [0.05, 0.1) is 12.2 Å². The lowest BCUT2D eigenvalue weighted by molar-refractivity contribution is -0.131. The Balaban J connectivity index is 1.87. The fraction of sp³-hybridized carbons (Fsp3) is 0.188. The summed E-state index contributed by atoms with van der Waals surface area (Å²) in [4.78, 5) is 30.3. The van der Waals surface area contributed by atoms with Gasteiger partial charge in [0.2, 0.25) is 0 Å². The van der Waals surface area contributed by atoms with Crippen LogP contribution in [-0.4, -0.2) is 21.8 Å². The number of nitrogens with zero attached hydrogens (tertiary/aromatic N) is 2. The minimum Gasteiger partial charge on any atom is -0.318 e. The van der Waals surface area contributed by atoms with Crippen molar-refractivity contribution in [1.29, 1.82) is 0 Å². The van der Waals surface area contributed by atoms with Crippen LogP contribution in [0.1, 0.15) is 18.2 Å². The van der Waals surface area contributed by atoms with Crippen molar-refractivity contribution in [3.8, 4) is 0 Å². The number of rotatable bonds is 3. The Kier molecular flexibility index (Phi) is 3.58. The van der Waals surface area contributed by atoms with E-state index < -0.39 is 11.6 Å². The van der Waals surface area contributed by atoms with Gasteiger partial charge in [0.1, 0.15) is 0 Å². The molecular weight excluding hydrogens is 302 g/mol. The number of halogens is 1.